The minimum Gasteiger partial charge on any atom is -0.466 e. The van der Waals surface area contributed by atoms with Crippen molar-refractivity contribution in [3.05, 3.63) is 23.5 Å². The molecule has 0 amide bonds. The number of esters is 1. The molecule has 0 N–H and O–H groups in total. The van der Waals surface area contributed by atoms with Crippen molar-refractivity contribution in [3.63, 3.8) is 0 Å². The summed E-state index contributed by atoms with van der Waals surface area (Å²) in [6, 6.07) is 1.88. The molecular weight excluding hydrogens is 252 g/mol. The fourth-order valence-corrected chi connectivity index (χ4v) is 2.51. The van der Waals surface area contributed by atoms with Gasteiger partial charge in [-0.05, 0) is 25.8 Å². The highest BCUT2D eigenvalue weighted by Crippen LogP contribution is 2.29. The molecule has 0 bridgehead atoms. The van der Waals surface area contributed by atoms with E-state index >= 15 is 0 Å². The monoisotopic (exact) mass is 268 g/mol. The summed E-state index contributed by atoms with van der Waals surface area (Å²) in [6.07, 6.45) is 5.21. The molecule has 5 heteroatoms. The summed E-state index contributed by atoms with van der Waals surface area (Å²) in [5.41, 5.74) is 0.945. The van der Waals surface area contributed by atoms with Crippen molar-refractivity contribution in [3.8, 4) is 0 Å². The highest BCUT2D eigenvalue weighted by atomic mass is 35.5. The van der Waals surface area contributed by atoms with Gasteiger partial charge in [0.15, 0.2) is 0 Å². The molecule has 1 aliphatic rings. The number of pyridine rings is 1. The standard InChI is InChI=1S/C13H17ClN2O2/c1-2-18-13(17)10-4-3-7-16(9-10)12-5-6-15-8-11(12)14/h5-6,8,10H,2-4,7,9H2,1H3. The predicted octanol–water partition coefficient (Wildman–Crippen LogP) is 2.51. The van der Waals surface area contributed by atoms with Gasteiger partial charge in [0.25, 0.3) is 0 Å². The number of rotatable bonds is 3. The number of hydrogen-bond acceptors (Lipinski definition) is 4. The van der Waals surface area contributed by atoms with Crippen LogP contribution in [0.3, 0.4) is 0 Å². The number of piperidine rings is 1. The minimum atomic E-state index is -0.104. The normalized spacial score (nSPS) is 19.7. The van der Waals surface area contributed by atoms with Crippen LogP contribution in [-0.2, 0) is 9.53 Å². The number of nitrogens with zero attached hydrogens (tertiary/aromatic N) is 2. The maximum Gasteiger partial charge on any atom is 0.310 e. The summed E-state index contributed by atoms with van der Waals surface area (Å²) in [7, 11) is 0. The van der Waals surface area contributed by atoms with Crippen LogP contribution in [0.1, 0.15) is 19.8 Å². The van der Waals surface area contributed by atoms with Crippen molar-refractivity contribution < 1.29 is 9.53 Å². The van der Waals surface area contributed by atoms with Gasteiger partial charge in [-0.1, -0.05) is 11.6 Å². The Balaban J connectivity index is 2.07. The van der Waals surface area contributed by atoms with E-state index < -0.39 is 0 Å². The Morgan fingerprint density at radius 3 is 3.22 bits per heavy atom. The van der Waals surface area contributed by atoms with Crippen LogP contribution >= 0.6 is 11.6 Å². The van der Waals surface area contributed by atoms with Gasteiger partial charge in [-0.15, -0.1) is 0 Å². The molecule has 4 nitrogen and oxygen atoms in total. The predicted molar refractivity (Wildman–Crippen MR) is 70.8 cm³/mol. The number of hydrogen-bond donors (Lipinski definition) is 0. The summed E-state index contributed by atoms with van der Waals surface area (Å²) in [5, 5.41) is 0.627. The molecule has 98 valence electrons. The molecule has 1 aliphatic heterocycles. The lowest BCUT2D eigenvalue weighted by Gasteiger charge is -2.33. The molecule has 2 rings (SSSR count). The zero-order valence-corrected chi connectivity index (χ0v) is 11.2. The van der Waals surface area contributed by atoms with E-state index in [0.717, 1.165) is 25.1 Å². The molecule has 1 fully saturated rings. The van der Waals surface area contributed by atoms with Crippen LogP contribution in [0.4, 0.5) is 5.69 Å². The van der Waals surface area contributed by atoms with E-state index in [1.165, 1.54) is 0 Å². The molecule has 1 unspecified atom stereocenters. The molecule has 1 atom stereocenters. The van der Waals surface area contributed by atoms with Gasteiger partial charge in [-0.2, -0.15) is 0 Å². The minimum absolute atomic E-state index is 0.0528. The first-order valence-electron chi connectivity index (χ1n) is 6.23. The largest absolute Gasteiger partial charge is 0.466 e. The lowest BCUT2D eigenvalue weighted by molar-refractivity contribution is -0.148. The Labute approximate surface area is 112 Å². The molecule has 0 spiro atoms. The van der Waals surface area contributed by atoms with Crippen molar-refractivity contribution in [2.75, 3.05) is 24.6 Å². The van der Waals surface area contributed by atoms with E-state index in [9.17, 15) is 4.79 Å². The smallest absolute Gasteiger partial charge is 0.310 e. The maximum absolute atomic E-state index is 11.8. The number of ether oxygens (including phenoxy) is 1. The van der Waals surface area contributed by atoms with Crippen molar-refractivity contribution in [1.82, 2.24) is 4.98 Å². The zero-order chi connectivity index (χ0) is 13.0. The number of carbonyl (C=O) groups is 1. The number of anilines is 1. The first-order chi connectivity index (χ1) is 8.72. The summed E-state index contributed by atoms with van der Waals surface area (Å²) in [6.45, 7) is 3.85. The summed E-state index contributed by atoms with van der Waals surface area (Å²) in [5.74, 6) is -0.157. The third-order valence-electron chi connectivity index (χ3n) is 3.13. The van der Waals surface area contributed by atoms with Crippen LogP contribution in [0.5, 0.6) is 0 Å². The van der Waals surface area contributed by atoms with Gasteiger partial charge in [-0.25, -0.2) is 0 Å². The summed E-state index contributed by atoms with van der Waals surface area (Å²) >= 11 is 6.13. The van der Waals surface area contributed by atoms with E-state index in [1.54, 1.807) is 12.4 Å². The molecule has 18 heavy (non-hydrogen) atoms. The average Bonchev–Trinajstić information content (AvgIpc) is 2.40. The first kappa shape index (κ1) is 13.1. The van der Waals surface area contributed by atoms with Crippen molar-refractivity contribution in [2.45, 2.75) is 19.8 Å². The highest BCUT2D eigenvalue weighted by molar-refractivity contribution is 6.33. The molecule has 0 aromatic carbocycles. The molecule has 2 heterocycles. The third kappa shape index (κ3) is 2.93. The molecule has 1 aromatic rings. The third-order valence-corrected chi connectivity index (χ3v) is 3.42. The fourth-order valence-electron chi connectivity index (χ4n) is 2.27. The Kier molecular flexibility index (Phi) is 4.42. The lowest BCUT2D eigenvalue weighted by atomic mass is 9.98. The first-order valence-corrected chi connectivity index (χ1v) is 6.61. The highest BCUT2D eigenvalue weighted by Gasteiger charge is 2.27. The fraction of sp³-hybridized carbons (Fsp3) is 0.538. The van der Waals surface area contributed by atoms with Crippen LogP contribution in [-0.4, -0.2) is 30.6 Å². The van der Waals surface area contributed by atoms with E-state index in [1.807, 2.05) is 13.0 Å². The SMILES string of the molecule is CCOC(=O)C1CCCN(c2ccncc2Cl)C1. The van der Waals surface area contributed by atoms with Gasteiger partial charge in [-0.3, -0.25) is 9.78 Å². The van der Waals surface area contributed by atoms with E-state index in [-0.39, 0.29) is 11.9 Å². The number of aromatic nitrogens is 1. The summed E-state index contributed by atoms with van der Waals surface area (Å²) < 4.78 is 5.08. The second-order valence-corrected chi connectivity index (χ2v) is 4.77. The zero-order valence-electron chi connectivity index (χ0n) is 10.4. The van der Waals surface area contributed by atoms with Gasteiger partial charge in [0.1, 0.15) is 0 Å². The van der Waals surface area contributed by atoms with Crippen LogP contribution in [0.15, 0.2) is 18.5 Å². The van der Waals surface area contributed by atoms with Gasteiger partial charge < -0.3 is 9.64 Å². The van der Waals surface area contributed by atoms with E-state index in [0.29, 0.717) is 18.2 Å². The van der Waals surface area contributed by atoms with Crippen molar-refractivity contribution in [2.24, 2.45) is 5.92 Å². The Bertz CT molecular complexity index is 425. The lowest BCUT2D eigenvalue weighted by Crippen LogP contribution is -2.39. The Hall–Kier alpha value is -1.29. The van der Waals surface area contributed by atoms with Gasteiger partial charge >= 0.3 is 5.97 Å². The van der Waals surface area contributed by atoms with Gasteiger partial charge in [0.2, 0.25) is 0 Å². The maximum atomic E-state index is 11.8. The van der Waals surface area contributed by atoms with E-state index in [4.69, 9.17) is 16.3 Å². The second-order valence-electron chi connectivity index (χ2n) is 4.36. The van der Waals surface area contributed by atoms with Crippen molar-refractivity contribution >= 4 is 23.3 Å². The average molecular weight is 269 g/mol. The molecule has 0 saturated carbocycles. The summed E-state index contributed by atoms with van der Waals surface area (Å²) in [4.78, 5) is 17.9. The van der Waals surface area contributed by atoms with Crippen LogP contribution in [0.2, 0.25) is 5.02 Å². The van der Waals surface area contributed by atoms with Gasteiger partial charge in [0, 0.05) is 25.5 Å². The Morgan fingerprint density at radius 1 is 1.67 bits per heavy atom. The number of halogens is 1. The van der Waals surface area contributed by atoms with E-state index in [2.05, 4.69) is 9.88 Å². The molecule has 1 aromatic heterocycles. The number of carbonyl (C=O) groups excluding carboxylic acids is 1. The van der Waals surface area contributed by atoms with Crippen LogP contribution < -0.4 is 4.90 Å². The Morgan fingerprint density at radius 2 is 2.50 bits per heavy atom. The molecular formula is C13H17ClN2O2. The topological polar surface area (TPSA) is 42.4 Å². The molecule has 1 saturated heterocycles. The second kappa shape index (κ2) is 6.05. The van der Waals surface area contributed by atoms with Crippen LogP contribution in [0, 0.1) is 5.92 Å². The van der Waals surface area contributed by atoms with Gasteiger partial charge in [0.05, 0.1) is 23.2 Å². The molecule has 0 aliphatic carbocycles. The van der Waals surface area contributed by atoms with Crippen LogP contribution in [0.25, 0.3) is 0 Å². The van der Waals surface area contributed by atoms with Crippen molar-refractivity contribution in [1.29, 1.82) is 0 Å². The quantitative estimate of drug-likeness (QED) is 0.790. The molecule has 0 radical (unpaired) electrons.